The summed E-state index contributed by atoms with van der Waals surface area (Å²) < 4.78 is 5.58. The van der Waals surface area contributed by atoms with Gasteiger partial charge in [0.1, 0.15) is 5.75 Å². The average molecular weight is 236 g/mol. The normalized spacial score (nSPS) is 13.8. The summed E-state index contributed by atoms with van der Waals surface area (Å²) in [6.45, 7) is 8.00. The first kappa shape index (κ1) is 14.0. The molecule has 3 heteroatoms. The van der Waals surface area contributed by atoms with Crippen LogP contribution in [-0.4, -0.2) is 11.6 Å². The second-order valence-corrected chi connectivity index (χ2v) is 5.53. The maximum absolute atomic E-state index is 6.11. The number of ether oxygens (including phenoxy) is 1. The minimum absolute atomic E-state index is 0.0249. The topological polar surface area (TPSA) is 61.3 Å². The van der Waals surface area contributed by atoms with E-state index in [9.17, 15) is 0 Å². The van der Waals surface area contributed by atoms with Crippen LogP contribution in [0, 0.1) is 0 Å². The Morgan fingerprint density at radius 3 is 2.12 bits per heavy atom. The van der Waals surface area contributed by atoms with Crippen LogP contribution < -0.4 is 16.2 Å². The Morgan fingerprint density at radius 1 is 1.18 bits per heavy atom. The van der Waals surface area contributed by atoms with E-state index in [2.05, 4.69) is 0 Å². The summed E-state index contributed by atoms with van der Waals surface area (Å²) in [7, 11) is 0. The van der Waals surface area contributed by atoms with Crippen LogP contribution >= 0.6 is 0 Å². The van der Waals surface area contributed by atoms with Gasteiger partial charge < -0.3 is 16.2 Å². The summed E-state index contributed by atoms with van der Waals surface area (Å²) in [5.41, 5.74) is 12.9. The number of benzene rings is 1. The lowest BCUT2D eigenvalue weighted by molar-refractivity contribution is 0.242. The first-order valence-corrected chi connectivity index (χ1v) is 6.09. The molecule has 0 aliphatic carbocycles. The van der Waals surface area contributed by atoms with Crippen molar-refractivity contribution in [2.75, 3.05) is 0 Å². The molecule has 0 radical (unpaired) electrons. The zero-order chi connectivity index (χ0) is 13.1. The largest absolute Gasteiger partial charge is 0.491 e. The monoisotopic (exact) mass is 236 g/mol. The summed E-state index contributed by atoms with van der Waals surface area (Å²) in [4.78, 5) is 0. The SMILES string of the molecule is CC(C)Oc1ccc(C(N)CC(C)(C)N)cc1. The quantitative estimate of drug-likeness (QED) is 0.826. The molecule has 4 N–H and O–H groups in total. The minimum atomic E-state index is -0.244. The van der Waals surface area contributed by atoms with Crippen LogP contribution in [0.3, 0.4) is 0 Å². The van der Waals surface area contributed by atoms with Crippen molar-refractivity contribution in [3.8, 4) is 5.75 Å². The summed E-state index contributed by atoms with van der Waals surface area (Å²) in [6, 6.07) is 7.91. The number of hydrogen-bond donors (Lipinski definition) is 2. The van der Waals surface area contributed by atoms with Crippen molar-refractivity contribution >= 4 is 0 Å². The molecule has 0 saturated heterocycles. The molecule has 3 nitrogen and oxygen atoms in total. The molecule has 0 heterocycles. The highest BCUT2D eigenvalue weighted by Gasteiger charge is 2.17. The third kappa shape index (κ3) is 5.20. The van der Waals surface area contributed by atoms with E-state index in [1.165, 1.54) is 0 Å². The van der Waals surface area contributed by atoms with Gasteiger partial charge in [0.15, 0.2) is 0 Å². The van der Waals surface area contributed by atoms with Crippen molar-refractivity contribution < 1.29 is 4.74 Å². The third-order valence-corrected chi connectivity index (χ3v) is 2.43. The van der Waals surface area contributed by atoms with Crippen LogP contribution in [0.25, 0.3) is 0 Å². The lowest BCUT2D eigenvalue weighted by Gasteiger charge is -2.23. The van der Waals surface area contributed by atoms with Crippen LogP contribution in [0.2, 0.25) is 0 Å². The van der Waals surface area contributed by atoms with Crippen molar-refractivity contribution in [1.82, 2.24) is 0 Å². The molecule has 0 spiro atoms. The highest BCUT2D eigenvalue weighted by Crippen LogP contribution is 2.22. The Labute approximate surface area is 104 Å². The van der Waals surface area contributed by atoms with E-state index in [1.807, 2.05) is 52.0 Å². The van der Waals surface area contributed by atoms with E-state index in [1.54, 1.807) is 0 Å². The van der Waals surface area contributed by atoms with Crippen LogP contribution in [0.15, 0.2) is 24.3 Å². The van der Waals surface area contributed by atoms with Gasteiger partial charge in [0.05, 0.1) is 6.10 Å². The first-order chi connectivity index (χ1) is 7.78. The summed E-state index contributed by atoms with van der Waals surface area (Å²) in [6.07, 6.45) is 0.953. The summed E-state index contributed by atoms with van der Waals surface area (Å²) >= 11 is 0. The Balaban J connectivity index is 2.67. The van der Waals surface area contributed by atoms with Gasteiger partial charge in [-0.3, -0.25) is 0 Å². The molecular formula is C14H24N2O. The maximum atomic E-state index is 6.11. The first-order valence-electron chi connectivity index (χ1n) is 6.09. The van der Waals surface area contributed by atoms with Gasteiger partial charge in [-0.05, 0) is 51.8 Å². The van der Waals surface area contributed by atoms with Crippen molar-refractivity contribution in [3.05, 3.63) is 29.8 Å². The van der Waals surface area contributed by atoms with Gasteiger partial charge in [-0.2, -0.15) is 0 Å². The molecule has 1 unspecified atom stereocenters. The molecule has 0 aliphatic heterocycles. The van der Waals surface area contributed by atoms with E-state index in [-0.39, 0.29) is 17.7 Å². The predicted octanol–water partition coefficient (Wildman–Crippen LogP) is 2.60. The summed E-state index contributed by atoms with van der Waals surface area (Å²) in [5.74, 6) is 0.878. The molecule has 0 aliphatic rings. The smallest absolute Gasteiger partial charge is 0.119 e. The third-order valence-electron chi connectivity index (χ3n) is 2.43. The number of rotatable bonds is 5. The molecule has 0 saturated carbocycles. The molecule has 0 bridgehead atoms. The van der Waals surface area contributed by atoms with Gasteiger partial charge in [0.25, 0.3) is 0 Å². The molecule has 17 heavy (non-hydrogen) atoms. The maximum Gasteiger partial charge on any atom is 0.119 e. The Bertz CT molecular complexity index is 338. The molecule has 96 valence electrons. The fraction of sp³-hybridized carbons (Fsp3) is 0.571. The Hall–Kier alpha value is -1.06. The van der Waals surface area contributed by atoms with Gasteiger partial charge in [-0.25, -0.2) is 0 Å². The lowest BCUT2D eigenvalue weighted by atomic mass is 9.93. The van der Waals surface area contributed by atoms with Crippen LogP contribution in [0.4, 0.5) is 0 Å². The van der Waals surface area contributed by atoms with Crippen molar-refractivity contribution in [3.63, 3.8) is 0 Å². The molecule has 1 aromatic rings. The fourth-order valence-electron chi connectivity index (χ4n) is 1.75. The van der Waals surface area contributed by atoms with E-state index in [4.69, 9.17) is 16.2 Å². The Morgan fingerprint density at radius 2 is 1.71 bits per heavy atom. The van der Waals surface area contributed by atoms with Crippen molar-refractivity contribution in [2.45, 2.75) is 51.8 Å². The highest BCUT2D eigenvalue weighted by atomic mass is 16.5. The molecule has 0 aromatic heterocycles. The molecule has 1 aromatic carbocycles. The van der Waals surface area contributed by atoms with E-state index >= 15 is 0 Å². The zero-order valence-corrected chi connectivity index (χ0v) is 11.2. The van der Waals surface area contributed by atoms with E-state index in [0.29, 0.717) is 0 Å². The second-order valence-electron chi connectivity index (χ2n) is 5.53. The number of nitrogens with two attached hydrogens (primary N) is 2. The van der Waals surface area contributed by atoms with E-state index in [0.717, 1.165) is 17.7 Å². The molecule has 1 rings (SSSR count). The second kappa shape index (κ2) is 5.52. The van der Waals surface area contributed by atoms with Gasteiger partial charge in [0.2, 0.25) is 0 Å². The highest BCUT2D eigenvalue weighted by molar-refractivity contribution is 5.29. The van der Waals surface area contributed by atoms with E-state index < -0.39 is 0 Å². The molecule has 0 amide bonds. The minimum Gasteiger partial charge on any atom is -0.491 e. The van der Waals surface area contributed by atoms with Crippen LogP contribution in [0.5, 0.6) is 5.75 Å². The average Bonchev–Trinajstić information content (AvgIpc) is 2.15. The molecule has 0 fully saturated rings. The number of hydrogen-bond acceptors (Lipinski definition) is 3. The van der Waals surface area contributed by atoms with Crippen LogP contribution in [0.1, 0.15) is 45.7 Å². The van der Waals surface area contributed by atoms with Gasteiger partial charge in [-0.1, -0.05) is 12.1 Å². The van der Waals surface area contributed by atoms with Crippen molar-refractivity contribution in [2.24, 2.45) is 11.5 Å². The predicted molar refractivity (Wildman–Crippen MR) is 72.0 cm³/mol. The lowest BCUT2D eigenvalue weighted by Crippen LogP contribution is -2.35. The van der Waals surface area contributed by atoms with Gasteiger partial charge >= 0.3 is 0 Å². The Kier molecular flexibility index (Phi) is 4.54. The van der Waals surface area contributed by atoms with Crippen molar-refractivity contribution in [1.29, 1.82) is 0 Å². The standard InChI is InChI=1S/C14H24N2O/c1-10(2)17-12-7-5-11(6-8-12)13(15)9-14(3,4)16/h5-8,10,13H,9,15-16H2,1-4H3. The molecule has 1 atom stereocenters. The fourth-order valence-corrected chi connectivity index (χ4v) is 1.75. The van der Waals surface area contributed by atoms with Crippen LogP contribution in [-0.2, 0) is 0 Å². The van der Waals surface area contributed by atoms with Gasteiger partial charge in [-0.15, -0.1) is 0 Å². The summed E-state index contributed by atoms with van der Waals surface area (Å²) in [5, 5.41) is 0. The molecular weight excluding hydrogens is 212 g/mol. The zero-order valence-electron chi connectivity index (χ0n) is 11.2. The van der Waals surface area contributed by atoms with Gasteiger partial charge in [0, 0.05) is 11.6 Å².